The third-order valence-electron chi connectivity index (χ3n) is 3.83. The molecule has 18 heavy (non-hydrogen) atoms. The fourth-order valence-electron chi connectivity index (χ4n) is 2.52. The van der Waals surface area contributed by atoms with Crippen molar-refractivity contribution < 1.29 is 5.11 Å². The van der Waals surface area contributed by atoms with E-state index in [0.29, 0.717) is 12.6 Å². The van der Waals surface area contributed by atoms with Crippen molar-refractivity contribution in [2.24, 2.45) is 0 Å². The van der Waals surface area contributed by atoms with Gasteiger partial charge in [0.05, 0.1) is 6.10 Å². The van der Waals surface area contributed by atoms with Crippen molar-refractivity contribution in [3.05, 3.63) is 12.4 Å². The first-order valence-corrected chi connectivity index (χ1v) is 6.83. The molecule has 98 valence electrons. The van der Waals surface area contributed by atoms with Crippen LogP contribution in [0.4, 0.5) is 11.6 Å². The van der Waals surface area contributed by atoms with Gasteiger partial charge in [-0.3, -0.25) is 0 Å². The van der Waals surface area contributed by atoms with Crippen molar-refractivity contribution >= 4 is 11.6 Å². The molecule has 1 aliphatic heterocycles. The molecule has 2 aliphatic rings. The lowest BCUT2D eigenvalue weighted by Gasteiger charge is -2.31. The molecule has 1 aliphatic carbocycles. The van der Waals surface area contributed by atoms with Gasteiger partial charge in [-0.05, 0) is 32.1 Å². The number of hydrogen-bond acceptors (Lipinski definition) is 5. The van der Waals surface area contributed by atoms with Gasteiger partial charge in [0.25, 0.3) is 0 Å². The zero-order valence-electron chi connectivity index (χ0n) is 10.5. The summed E-state index contributed by atoms with van der Waals surface area (Å²) >= 11 is 0. The first-order chi connectivity index (χ1) is 8.81. The molecule has 1 atom stereocenters. The van der Waals surface area contributed by atoms with Crippen molar-refractivity contribution in [3.8, 4) is 0 Å². The fraction of sp³-hybridized carbons (Fsp3) is 0.692. The van der Waals surface area contributed by atoms with E-state index in [1.165, 1.54) is 19.3 Å². The van der Waals surface area contributed by atoms with E-state index in [1.54, 1.807) is 6.33 Å². The van der Waals surface area contributed by atoms with Crippen LogP contribution in [0.15, 0.2) is 12.4 Å². The lowest BCUT2D eigenvalue weighted by Crippen LogP contribution is -2.38. The van der Waals surface area contributed by atoms with Gasteiger partial charge in [0.2, 0.25) is 0 Å². The summed E-state index contributed by atoms with van der Waals surface area (Å²) in [7, 11) is 0. The van der Waals surface area contributed by atoms with E-state index >= 15 is 0 Å². The van der Waals surface area contributed by atoms with Gasteiger partial charge in [0, 0.05) is 25.2 Å². The van der Waals surface area contributed by atoms with E-state index in [4.69, 9.17) is 0 Å². The Kier molecular flexibility index (Phi) is 3.32. The molecular formula is C13H20N4O. The topological polar surface area (TPSA) is 61.3 Å². The van der Waals surface area contributed by atoms with Crippen LogP contribution in [0.1, 0.15) is 32.1 Å². The second kappa shape index (κ2) is 5.10. The Balaban J connectivity index is 1.69. The molecule has 2 heterocycles. The number of hydrogen-bond donors (Lipinski definition) is 2. The summed E-state index contributed by atoms with van der Waals surface area (Å²) in [6.45, 7) is 1.65. The van der Waals surface area contributed by atoms with Crippen molar-refractivity contribution in [2.45, 2.75) is 44.2 Å². The smallest absolute Gasteiger partial charge is 0.134 e. The van der Waals surface area contributed by atoms with Gasteiger partial charge < -0.3 is 15.3 Å². The highest BCUT2D eigenvalue weighted by molar-refractivity contribution is 5.49. The summed E-state index contributed by atoms with van der Waals surface area (Å²) < 4.78 is 0. The Morgan fingerprint density at radius 2 is 2.11 bits per heavy atom. The van der Waals surface area contributed by atoms with Gasteiger partial charge in [0.1, 0.15) is 18.0 Å². The molecule has 0 bridgehead atoms. The summed E-state index contributed by atoms with van der Waals surface area (Å²) in [5.74, 6) is 1.83. The molecule has 1 unspecified atom stereocenters. The zero-order valence-corrected chi connectivity index (χ0v) is 10.5. The van der Waals surface area contributed by atoms with Gasteiger partial charge in [-0.25, -0.2) is 9.97 Å². The van der Waals surface area contributed by atoms with E-state index < -0.39 is 0 Å². The van der Waals surface area contributed by atoms with Crippen LogP contribution in [0.2, 0.25) is 0 Å². The third-order valence-corrected chi connectivity index (χ3v) is 3.83. The van der Waals surface area contributed by atoms with E-state index in [-0.39, 0.29) is 6.10 Å². The second-order valence-electron chi connectivity index (χ2n) is 5.28. The van der Waals surface area contributed by atoms with Crippen LogP contribution in [0, 0.1) is 0 Å². The number of aliphatic hydroxyl groups is 1. The monoisotopic (exact) mass is 248 g/mol. The highest BCUT2D eigenvalue weighted by Gasteiger charge is 2.20. The highest BCUT2D eigenvalue weighted by atomic mass is 16.3. The number of piperidine rings is 1. The Labute approximate surface area is 107 Å². The number of nitrogens with zero attached hydrogens (tertiary/aromatic N) is 3. The summed E-state index contributed by atoms with van der Waals surface area (Å²) in [5, 5.41) is 13.1. The molecule has 5 nitrogen and oxygen atoms in total. The maximum absolute atomic E-state index is 9.70. The zero-order chi connectivity index (χ0) is 12.4. The summed E-state index contributed by atoms with van der Waals surface area (Å²) in [5.41, 5.74) is 0. The van der Waals surface area contributed by atoms with Gasteiger partial charge in [-0.2, -0.15) is 0 Å². The van der Waals surface area contributed by atoms with E-state index in [2.05, 4.69) is 20.2 Å². The number of aliphatic hydroxyl groups excluding tert-OH is 1. The predicted molar refractivity (Wildman–Crippen MR) is 70.7 cm³/mol. The van der Waals surface area contributed by atoms with Gasteiger partial charge >= 0.3 is 0 Å². The average Bonchev–Trinajstić information content (AvgIpc) is 2.34. The van der Waals surface area contributed by atoms with Crippen LogP contribution in [0.3, 0.4) is 0 Å². The Morgan fingerprint density at radius 3 is 2.83 bits per heavy atom. The molecule has 0 radical (unpaired) electrons. The fourth-order valence-corrected chi connectivity index (χ4v) is 2.52. The molecule has 0 amide bonds. The Bertz CT molecular complexity index is 408. The van der Waals surface area contributed by atoms with E-state index in [1.807, 2.05) is 6.07 Å². The molecule has 1 aromatic heterocycles. The van der Waals surface area contributed by atoms with Crippen LogP contribution in [-0.2, 0) is 0 Å². The molecule has 3 rings (SSSR count). The number of β-amino-alcohol motifs (C(OH)–C–C–N with tert-alkyl or cyclic N) is 1. The molecule has 2 fully saturated rings. The number of nitrogens with one attached hydrogen (secondary N) is 1. The van der Waals surface area contributed by atoms with E-state index in [9.17, 15) is 5.11 Å². The minimum atomic E-state index is -0.225. The minimum absolute atomic E-state index is 0.225. The van der Waals surface area contributed by atoms with Crippen LogP contribution < -0.4 is 10.2 Å². The molecule has 1 saturated carbocycles. The van der Waals surface area contributed by atoms with Crippen molar-refractivity contribution in [1.29, 1.82) is 0 Å². The molecule has 1 aromatic rings. The largest absolute Gasteiger partial charge is 0.391 e. The van der Waals surface area contributed by atoms with E-state index in [0.717, 1.165) is 31.0 Å². The lowest BCUT2D eigenvalue weighted by molar-refractivity contribution is 0.154. The predicted octanol–water partition coefficient (Wildman–Crippen LogP) is 1.40. The first-order valence-electron chi connectivity index (χ1n) is 6.83. The lowest BCUT2D eigenvalue weighted by atomic mass is 9.93. The molecule has 0 aromatic carbocycles. The first kappa shape index (κ1) is 11.7. The third kappa shape index (κ3) is 2.56. The van der Waals surface area contributed by atoms with Gasteiger partial charge in [0.15, 0.2) is 0 Å². The Hall–Kier alpha value is -1.36. The highest BCUT2D eigenvalue weighted by Crippen LogP contribution is 2.24. The molecule has 5 heteroatoms. The minimum Gasteiger partial charge on any atom is -0.391 e. The molecule has 2 N–H and O–H groups in total. The quantitative estimate of drug-likeness (QED) is 0.846. The Morgan fingerprint density at radius 1 is 1.22 bits per heavy atom. The maximum Gasteiger partial charge on any atom is 0.134 e. The van der Waals surface area contributed by atoms with Crippen molar-refractivity contribution in [1.82, 2.24) is 9.97 Å². The summed E-state index contributed by atoms with van der Waals surface area (Å²) in [4.78, 5) is 10.7. The van der Waals surface area contributed by atoms with Crippen molar-refractivity contribution in [2.75, 3.05) is 23.3 Å². The van der Waals surface area contributed by atoms with Crippen molar-refractivity contribution in [3.63, 3.8) is 0 Å². The van der Waals surface area contributed by atoms with Crippen LogP contribution >= 0.6 is 0 Å². The van der Waals surface area contributed by atoms with Crippen LogP contribution in [0.25, 0.3) is 0 Å². The van der Waals surface area contributed by atoms with Crippen LogP contribution in [0.5, 0.6) is 0 Å². The van der Waals surface area contributed by atoms with Gasteiger partial charge in [-0.1, -0.05) is 0 Å². The molecular weight excluding hydrogens is 228 g/mol. The molecule has 1 saturated heterocycles. The number of aromatic nitrogens is 2. The standard InChI is InChI=1S/C13H20N4O/c18-11-5-2-6-17(8-11)13-7-12(14-9-15-13)16-10-3-1-4-10/h7,9-11,18H,1-6,8H2,(H,14,15,16). The average molecular weight is 248 g/mol. The summed E-state index contributed by atoms with van der Waals surface area (Å²) in [6, 6.07) is 2.58. The number of rotatable bonds is 3. The second-order valence-corrected chi connectivity index (χ2v) is 5.28. The molecule has 0 spiro atoms. The number of anilines is 2. The maximum atomic E-state index is 9.70. The van der Waals surface area contributed by atoms with Crippen LogP contribution in [-0.4, -0.2) is 40.3 Å². The SMILES string of the molecule is OC1CCCN(c2cc(NC3CCC3)ncn2)C1. The summed E-state index contributed by atoms with van der Waals surface area (Å²) in [6.07, 6.45) is 7.09. The van der Waals surface area contributed by atoms with Gasteiger partial charge in [-0.15, -0.1) is 0 Å². The normalized spacial score (nSPS) is 24.7.